The molecular formula is C26H30F2N6O. The maximum atomic E-state index is 14.9. The summed E-state index contributed by atoms with van der Waals surface area (Å²) in [5, 5.41) is 25.0. The van der Waals surface area contributed by atoms with E-state index in [4.69, 9.17) is 0 Å². The molecule has 2 N–H and O–H groups in total. The van der Waals surface area contributed by atoms with Crippen molar-refractivity contribution in [3.8, 4) is 0 Å². The first kappa shape index (κ1) is 23.4. The number of rotatable bonds is 8. The highest BCUT2D eigenvalue weighted by Crippen LogP contribution is 2.37. The standard InChI is InChI=1S/C26H30F2N6O/c1-18(26(35,15-33-17-29-16-31-33)23-9-7-21(27)12-24(23)28)34-14-20-11-22(8-10-25(20)32-34)30-13-19-5-3-2-4-6-19/h7-12,14,16-19,30,35H,2-6,13,15H2,1H3/t18-,26-/m1/s1. The Balaban J connectivity index is 1.43. The molecule has 35 heavy (non-hydrogen) atoms. The number of anilines is 1. The van der Waals surface area contributed by atoms with Crippen LogP contribution < -0.4 is 5.32 Å². The summed E-state index contributed by atoms with van der Waals surface area (Å²) in [6, 6.07) is 8.49. The van der Waals surface area contributed by atoms with Crippen molar-refractivity contribution in [2.75, 3.05) is 11.9 Å². The number of fused-ring (bicyclic) bond motifs is 1. The zero-order valence-corrected chi connectivity index (χ0v) is 19.7. The smallest absolute Gasteiger partial charge is 0.137 e. The van der Waals surface area contributed by atoms with Gasteiger partial charge in [-0.25, -0.2) is 18.4 Å². The minimum absolute atomic E-state index is 0.0312. The number of aliphatic hydroxyl groups is 1. The molecule has 2 aromatic heterocycles. The van der Waals surface area contributed by atoms with Gasteiger partial charge in [0.15, 0.2) is 0 Å². The number of aromatic nitrogens is 5. The van der Waals surface area contributed by atoms with Gasteiger partial charge in [0.25, 0.3) is 0 Å². The number of nitrogens with one attached hydrogen (secondary N) is 1. The molecule has 0 saturated heterocycles. The molecule has 2 aromatic carbocycles. The van der Waals surface area contributed by atoms with E-state index in [1.54, 1.807) is 11.6 Å². The van der Waals surface area contributed by atoms with Crippen molar-refractivity contribution < 1.29 is 13.9 Å². The minimum Gasteiger partial charge on any atom is -0.385 e. The predicted octanol–water partition coefficient (Wildman–Crippen LogP) is 5.05. The summed E-state index contributed by atoms with van der Waals surface area (Å²) in [6.45, 7) is 2.63. The van der Waals surface area contributed by atoms with Crippen molar-refractivity contribution in [1.29, 1.82) is 0 Å². The fraction of sp³-hybridized carbons (Fsp3) is 0.423. The van der Waals surface area contributed by atoms with Crippen molar-refractivity contribution in [3.63, 3.8) is 0 Å². The first-order valence-corrected chi connectivity index (χ1v) is 12.2. The summed E-state index contributed by atoms with van der Waals surface area (Å²) in [4.78, 5) is 3.92. The fourth-order valence-electron chi connectivity index (χ4n) is 5.07. The molecule has 0 radical (unpaired) electrons. The van der Waals surface area contributed by atoms with Gasteiger partial charge in [0.1, 0.15) is 29.9 Å². The van der Waals surface area contributed by atoms with Crippen molar-refractivity contribution in [1.82, 2.24) is 24.5 Å². The van der Waals surface area contributed by atoms with E-state index < -0.39 is 23.3 Å². The van der Waals surface area contributed by atoms with E-state index in [1.807, 2.05) is 24.4 Å². The van der Waals surface area contributed by atoms with Gasteiger partial charge in [0.05, 0.1) is 18.1 Å². The number of hydrogen-bond acceptors (Lipinski definition) is 5. The Kier molecular flexibility index (Phi) is 6.51. The van der Waals surface area contributed by atoms with Crippen molar-refractivity contribution in [2.45, 2.75) is 57.2 Å². The van der Waals surface area contributed by atoms with E-state index in [-0.39, 0.29) is 12.1 Å². The lowest BCUT2D eigenvalue weighted by molar-refractivity contribution is -0.0366. The largest absolute Gasteiger partial charge is 0.385 e. The van der Waals surface area contributed by atoms with Crippen LogP contribution in [0.3, 0.4) is 0 Å². The maximum Gasteiger partial charge on any atom is 0.137 e. The molecule has 2 heterocycles. The molecule has 0 bridgehead atoms. The number of benzene rings is 2. The van der Waals surface area contributed by atoms with Crippen LogP contribution in [0.15, 0.2) is 55.2 Å². The summed E-state index contributed by atoms with van der Waals surface area (Å²) in [5.41, 5.74) is -0.00736. The summed E-state index contributed by atoms with van der Waals surface area (Å²) in [7, 11) is 0. The van der Waals surface area contributed by atoms with Crippen molar-refractivity contribution >= 4 is 16.6 Å². The van der Waals surface area contributed by atoms with Gasteiger partial charge in [-0.05, 0) is 49.9 Å². The lowest BCUT2D eigenvalue weighted by Crippen LogP contribution is -2.40. The molecule has 4 aromatic rings. The monoisotopic (exact) mass is 480 g/mol. The topological polar surface area (TPSA) is 80.8 Å². The van der Waals surface area contributed by atoms with Gasteiger partial charge in [-0.1, -0.05) is 25.3 Å². The zero-order chi connectivity index (χ0) is 24.4. The van der Waals surface area contributed by atoms with Gasteiger partial charge in [-0.3, -0.25) is 4.68 Å². The van der Waals surface area contributed by atoms with E-state index in [0.717, 1.165) is 35.3 Å². The maximum absolute atomic E-state index is 14.9. The first-order chi connectivity index (χ1) is 16.9. The second-order valence-corrected chi connectivity index (χ2v) is 9.59. The fourth-order valence-corrected chi connectivity index (χ4v) is 5.07. The van der Waals surface area contributed by atoms with E-state index in [2.05, 4.69) is 20.5 Å². The molecule has 1 saturated carbocycles. The molecule has 0 spiro atoms. The van der Waals surface area contributed by atoms with Gasteiger partial charge in [0, 0.05) is 35.4 Å². The number of halogens is 2. The Labute approximate surface area is 202 Å². The third-order valence-corrected chi connectivity index (χ3v) is 7.20. The van der Waals surface area contributed by atoms with Crippen LogP contribution in [0.1, 0.15) is 50.6 Å². The Morgan fingerprint density at radius 1 is 1.14 bits per heavy atom. The van der Waals surface area contributed by atoms with Gasteiger partial charge in [-0.2, -0.15) is 10.2 Å². The molecule has 0 amide bonds. The molecule has 0 unspecified atom stereocenters. The van der Waals surface area contributed by atoms with Crippen LogP contribution in [0.5, 0.6) is 0 Å². The van der Waals surface area contributed by atoms with Gasteiger partial charge >= 0.3 is 0 Å². The Morgan fingerprint density at radius 3 is 2.71 bits per heavy atom. The molecule has 5 rings (SSSR count). The lowest BCUT2D eigenvalue weighted by atomic mass is 9.86. The highest BCUT2D eigenvalue weighted by molar-refractivity contribution is 5.82. The predicted molar refractivity (Wildman–Crippen MR) is 130 cm³/mol. The van der Waals surface area contributed by atoms with Crippen LogP contribution in [-0.2, 0) is 12.1 Å². The molecule has 7 nitrogen and oxygen atoms in total. The van der Waals surface area contributed by atoms with Crippen LogP contribution in [0.2, 0.25) is 0 Å². The van der Waals surface area contributed by atoms with E-state index >= 15 is 0 Å². The molecule has 0 aliphatic heterocycles. The van der Waals surface area contributed by atoms with Crippen LogP contribution in [0.4, 0.5) is 14.5 Å². The number of nitrogens with zero attached hydrogens (tertiary/aromatic N) is 5. The quantitative estimate of drug-likeness (QED) is 0.369. The molecule has 2 atom stereocenters. The number of hydrogen-bond donors (Lipinski definition) is 2. The normalized spacial score (nSPS) is 17.4. The Hall–Kier alpha value is -3.33. The van der Waals surface area contributed by atoms with Gasteiger partial charge < -0.3 is 10.4 Å². The van der Waals surface area contributed by atoms with Crippen LogP contribution in [0, 0.1) is 17.6 Å². The van der Waals surface area contributed by atoms with Crippen LogP contribution in [0.25, 0.3) is 10.9 Å². The Morgan fingerprint density at radius 2 is 1.97 bits per heavy atom. The molecular weight excluding hydrogens is 450 g/mol. The summed E-state index contributed by atoms with van der Waals surface area (Å²) < 4.78 is 31.5. The van der Waals surface area contributed by atoms with Crippen molar-refractivity contribution in [2.24, 2.45) is 5.92 Å². The minimum atomic E-state index is -1.77. The SMILES string of the molecule is C[C@@H](n1cc2cc(NCC3CCCCC3)ccc2n1)[C@](O)(Cn1cncn1)c1ccc(F)cc1F. The molecule has 1 fully saturated rings. The third kappa shape index (κ3) is 4.91. The molecule has 1 aliphatic rings. The van der Waals surface area contributed by atoms with Crippen molar-refractivity contribution in [3.05, 3.63) is 72.4 Å². The first-order valence-electron chi connectivity index (χ1n) is 12.2. The second kappa shape index (κ2) is 9.73. The van der Waals surface area contributed by atoms with Gasteiger partial charge in [0.2, 0.25) is 0 Å². The Bertz CT molecular complexity index is 1280. The highest BCUT2D eigenvalue weighted by Gasteiger charge is 2.41. The van der Waals surface area contributed by atoms with Gasteiger partial charge in [-0.15, -0.1) is 0 Å². The molecule has 9 heteroatoms. The van der Waals surface area contributed by atoms with Crippen LogP contribution >= 0.6 is 0 Å². The van der Waals surface area contributed by atoms with E-state index in [1.165, 1.54) is 55.5 Å². The summed E-state index contributed by atoms with van der Waals surface area (Å²) >= 11 is 0. The highest BCUT2D eigenvalue weighted by atomic mass is 19.1. The lowest BCUT2D eigenvalue weighted by Gasteiger charge is -2.34. The second-order valence-electron chi connectivity index (χ2n) is 9.59. The zero-order valence-electron chi connectivity index (χ0n) is 19.7. The van der Waals surface area contributed by atoms with E-state index in [9.17, 15) is 13.9 Å². The molecule has 184 valence electrons. The van der Waals surface area contributed by atoms with Crippen LogP contribution in [-0.4, -0.2) is 36.2 Å². The average Bonchev–Trinajstić information content (AvgIpc) is 3.52. The average molecular weight is 481 g/mol. The summed E-state index contributed by atoms with van der Waals surface area (Å²) in [6.07, 6.45) is 11.1. The summed E-state index contributed by atoms with van der Waals surface area (Å²) in [5.74, 6) is -0.829. The van der Waals surface area contributed by atoms with E-state index in [0.29, 0.717) is 5.92 Å². The third-order valence-electron chi connectivity index (χ3n) is 7.20. The molecule has 1 aliphatic carbocycles.